The summed E-state index contributed by atoms with van der Waals surface area (Å²) >= 11 is 0. The highest BCUT2D eigenvalue weighted by Crippen LogP contribution is 2.37. The molecule has 2 unspecified atom stereocenters. The van der Waals surface area contributed by atoms with Crippen molar-refractivity contribution in [3.8, 4) is 0 Å². The van der Waals surface area contributed by atoms with Gasteiger partial charge in [0.1, 0.15) is 6.04 Å². The van der Waals surface area contributed by atoms with Crippen molar-refractivity contribution in [2.75, 3.05) is 19.6 Å². The fourth-order valence-electron chi connectivity index (χ4n) is 6.40. The van der Waals surface area contributed by atoms with Gasteiger partial charge in [0.2, 0.25) is 23.7 Å². The van der Waals surface area contributed by atoms with E-state index in [1.54, 1.807) is 18.2 Å². The number of carbonyl (C=O) groups is 4. The molecule has 10 heteroatoms. The summed E-state index contributed by atoms with van der Waals surface area (Å²) in [7, 11) is 0. The number of para-hydroxylation sites is 1. The first-order valence-electron chi connectivity index (χ1n) is 14.3. The number of aliphatic hydroxyl groups is 1. The highest BCUT2D eigenvalue weighted by Gasteiger charge is 2.45. The number of hydrogen-bond donors (Lipinski definition) is 2. The van der Waals surface area contributed by atoms with E-state index >= 15 is 0 Å². The molecule has 4 heterocycles. The van der Waals surface area contributed by atoms with Crippen LogP contribution in [0.15, 0.2) is 89.2 Å². The van der Waals surface area contributed by atoms with E-state index in [9.17, 15) is 24.3 Å². The summed E-state index contributed by atoms with van der Waals surface area (Å²) in [5, 5.41) is 18.6. The molecule has 0 spiro atoms. The van der Waals surface area contributed by atoms with Gasteiger partial charge in [-0.1, -0.05) is 35.0 Å². The maximum absolute atomic E-state index is 13.2. The number of carbonyl (C=O) groups excluding carboxylic acids is 4. The Kier molecular flexibility index (Phi) is 6.32. The van der Waals surface area contributed by atoms with E-state index in [1.165, 1.54) is 5.57 Å². The molecule has 42 heavy (non-hydrogen) atoms. The predicted molar refractivity (Wildman–Crippen MR) is 151 cm³/mol. The Morgan fingerprint density at radius 2 is 1.74 bits per heavy atom. The number of rotatable bonds is 5. The van der Waals surface area contributed by atoms with Crippen LogP contribution in [0.5, 0.6) is 0 Å². The summed E-state index contributed by atoms with van der Waals surface area (Å²) in [6.45, 7) is 2.07. The second-order valence-corrected chi connectivity index (χ2v) is 11.5. The van der Waals surface area contributed by atoms with E-state index < -0.39 is 35.3 Å². The Morgan fingerprint density at radius 1 is 0.976 bits per heavy atom. The number of azo groups is 2. The van der Waals surface area contributed by atoms with Gasteiger partial charge in [-0.3, -0.25) is 34.3 Å². The number of likely N-dealkylation sites (tertiary alicyclic amines) is 1. The summed E-state index contributed by atoms with van der Waals surface area (Å²) in [5.41, 5.74) is 3.20. The Morgan fingerprint density at radius 3 is 2.50 bits per heavy atom. The first kappa shape index (κ1) is 26.4. The summed E-state index contributed by atoms with van der Waals surface area (Å²) < 4.78 is 1.92. The molecule has 5 aliphatic rings. The monoisotopic (exact) mass is 564 g/mol. The largest absolute Gasteiger partial charge is 0.385 e. The van der Waals surface area contributed by atoms with Crippen molar-refractivity contribution in [2.45, 2.75) is 43.4 Å². The van der Waals surface area contributed by atoms with Crippen molar-refractivity contribution >= 4 is 29.3 Å². The minimum Gasteiger partial charge on any atom is -0.385 e. The smallest absolute Gasteiger partial charge is 0.262 e. The number of fused-ring (bicyclic) bond motifs is 2. The Bertz CT molecular complexity index is 1650. The minimum atomic E-state index is -1.14. The van der Waals surface area contributed by atoms with Gasteiger partial charge < -0.3 is 5.11 Å². The van der Waals surface area contributed by atoms with Gasteiger partial charge in [0, 0.05) is 38.2 Å². The van der Waals surface area contributed by atoms with Crippen LogP contribution in [-0.4, -0.2) is 75.0 Å². The minimum absolute atomic E-state index is 0.0154. The molecule has 4 amide bonds. The van der Waals surface area contributed by atoms with Crippen LogP contribution in [0.25, 0.3) is 0 Å². The van der Waals surface area contributed by atoms with E-state index in [1.807, 2.05) is 35.0 Å². The molecule has 4 aliphatic heterocycles. The maximum atomic E-state index is 13.2. The first-order chi connectivity index (χ1) is 20.3. The molecule has 0 radical (unpaired) electrons. The predicted octanol–water partition coefficient (Wildman–Crippen LogP) is 2.93. The zero-order valence-electron chi connectivity index (χ0n) is 22.9. The molecule has 0 saturated carbocycles. The molecule has 2 atom stereocenters. The van der Waals surface area contributed by atoms with Crippen LogP contribution in [0.1, 0.15) is 52.0 Å². The average Bonchev–Trinajstić information content (AvgIpc) is 3.53. The van der Waals surface area contributed by atoms with Gasteiger partial charge in [0.15, 0.2) is 6.04 Å². The van der Waals surface area contributed by atoms with Gasteiger partial charge in [-0.25, -0.2) is 0 Å². The Balaban J connectivity index is 1.01. The van der Waals surface area contributed by atoms with Crippen molar-refractivity contribution in [1.82, 2.24) is 15.1 Å². The van der Waals surface area contributed by atoms with Gasteiger partial charge in [-0.05, 0) is 59.8 Å². The fraction of sp³-hybridized carbons (Fsp3) is 0.312. The molecule has 2 aromatic rings. The fourth-order valence-corrected chi connectivity index (χ4v) is 6.40. The van der Waals surface area contributed by atoms with Crippen LogP contribution in [0.2, 0.25) is 0 Å². The second kappa shape index (κ2) is 10.1. The van der Waals surface area contributed by atoms with E-state index in [2.05, 4.69) is 34.6 Å². The molecule has 0 aromatic heterocycles. The van der Waals surface area contributed by atoms with Crippen molar-refractivity contribution in [2.24, 2.45) is 5.11 Å². The lowest BCUT2D eigenvalue weighted by Crippen LogP contribution is -2.54. The molecule has 7 rings (SSSR count). The third-order valence-electron chi connectivity index (χ3n) is 8.81. The number of piperidine rings is 2. The number of imide groups is 2. The van der Waals surface area contributed by atoms with E-state index in [0.717, 1.165) is 22.7 Å². The van der Waals surface area contributed by atoms with Crippen molar-refractivity contribution in [3.63, 3.8) is 0 Å². The number of benzene rings is 2. The Hall–Kier alpha value is -4.54. The first-order valence-corrected chi connectivity index (χ1v) is 14.3. The lowest BCUT2D eigenvalue weighted by Gasteiger charge is -2.39. The third kappa shape index (κ3) is 4.53. The molecule has 2 saturated heterocycles. The van der Waals surface area contributed by atoms with Crippen LogP contribution in [0.4, 0.5) is 5.69 Å². The van der Waals surface area contributed by atoms with Crippen LogP contribution < -0.4 is 5.32 Å². The van der Waals surface area contributed by atoms with Crippen molar-refractivity contribution < 1.29 is 29.0 Å². The van der Waals surface area contributed by atoms with E-state index in [4.69, 9.17) is 5.11 Å². The third-order valence-corrected chi connectivity index (χ3v) is 8.81. The number of nitrogens with one attached hydrogen (secondary N) is 1. The highest BCUT2D eigenvalue weighted by atomic mass is 16.3. The molecular formula is C32H30N5O5+. The van der Waals surface area contributed by atoms with Gasteiger partial charge >= 0.3 is 0 Å². The molecule has 2 aromatic carbocycles. The number of nitrogens with zero attached hydrogens (tertiary/aromatic N) is 4. The SMILES string of the molecule is O=C1CCC(N2C(=O)c3ccc(C4(O)CCN(CC5=CC6N=[N+](c7ccccc7)C=C6C=C5)CC4)cc3C2=O)C(=O)N1. The summed E-state index contributed by atoms with van der Waals surface area (Å²) in [4.78, 5) is 53.4. The lowest BCUT2D eigenvalue weighted by atomic mass is 9.83. The quantitative estimate of drug-likeness (QED) is 0.426. The van der Waals surface area contributed by atoms with Crippen LogP contribution in [0, 0.1) is 0 Å². The molecule has 1 aliphatic carbocycles. The number of hydrogen-bond acceptors (Lipinski definition) is 7. The zero-order valence-corrected chi connectivity index (χ0v) is 22.9. The van der Waals surface area contributed by atoms with Gasteiger partial charge in [0.05, 0.1) is 22.3 Å². The topological polar surface area (TPSA) is 122 Å². The van der Waals surface area contributed by atoms with Crippen LogP contribution in [-0.2, 0) is 15.2 Å². The molecule has 10 nitrogen and oxygen atoms in total. The second-order valence-electron chi connectivity index (χ2n) is 11.5. The van der Waals surface area contributed by atoms with E-state index in [0.29, 0.717) is 31.5 Å². The number of amides is 4. The van der Waals surface area contributed by atoms with Crippen molar-refractivity contribution in [3.05, 3.63) is 101 Å². The molecule has 2 N–H and O–H groups in total. The summed E-state index contributed by atoms with van der Waals surface area (Å²) in [6.07, 6.45) is 9.61. The average molecular weight is 565 g/mol. The van der Waals surface area contributed by atoms with Gasteiger partial charge in [0.25, 0.3) is 11.8 Å². The van der Waals surface area contributed by atoms with Crippen molar-refractivity contribution in [1.29, 1.82) is 0 Å². The van der Waals surface area contributed by atoms with Gasteiger partial charge in [-0.2, -0.15) is 0 Å². The Labute approximate surface area is 242 Å². The normalized spacial score (nSPS) is 25.1. The lowest BCUT2D eigenvalue weighted by molar-refractivity contribution is -0.435. The molecule has 0 bridgehead atoms. The standard InChI is InChI=1S/C32H29N5O5/c38-28-11-10-27(29(39)33-28)37-30(40)24-9-8-22(17-25(24)31(37)41)32(42)12-14-35(15-13-32)18-20-6-7-21-19-36(34-26(21)16-20)23-4-2-1-3-5-23/h1-9,16-17,19,26-27,42H,10-15,18H2/p+1. The van der Waals surface area contributed by atoms with Crippen LogP contribution in [0.3, 0.4) is 0 Å². The summed E-state index contributed by atoms with van der Waals surface area (Å²) in [6, 6.07) is 13.9. The summed E-state index contributed by atoms with van der Waals surface area (Å²) in [5.74, 6) is -2.17. The van der Waals surface area contributed by atoms with Gasteiger partial charge in [-0.15, -0.1) is 0 Å². The maximum Gasteiger partial charge on any atom is 0.262 e. The molecule has 212 valence electrons. The van der Waals surface area contributed by atoms with Crippen LogP contribution >= 0.6 is 0 Å². The highest BCUT2D eigenvalue weighted by molar-refractivity contribution is 6.23. The molecule has 2 fully saturated rings. The van der Waals surface area contributed by atoms with E-state index in [-0.39, 0.29) is 30.0 Å². The molecular weight excluding hydrogens is 534 g/mol. The zero-order chi connectivity index (χ0) is 29.0.